The van der Waals surface area contributed by atoms with E-state index in [4.69, 9.17) is 11.6 Å². The highest BCUT2D eigenvalue weighted by Gasteiger charge is 2.32. The predicted molar refractivity (Wildman–Crippen MR) is 120 cm³/mol. The van der Waals surface area contributed by atoms with Gasteiger partial charge in [-0.05, 0) is 24.6 Å². The fourth-order valence-corrected chi connectivity index (χ4v) is 3.84. The van der Waals surface area contributed by atoms with E-state index in [-0.39, 0.29) is 17.5 Å². The highest BCUT2D eigenvalue weighted by atomic mass is 35.5. The van der Waals surface area contributed by atoms with Crippen LogP contribution in [0.25, 0.3) is 0 Å². The minimum absolute atomic E-state index is 0.0218. The Kier molecular flexibility index (Phi) is 8.20. The minimum Gasteiger partial charge on any atom is -0.375 e. The monoisotopic (exact) mass is 469 g/mol. The number of halogens is 4. The summed E-state index contributed by atoms with van der Waals surface area (Å²) >= 11 is 6.04. The summed E-state index contributed by atoms with van der Waals surface area (Å²) in [5.74, 6) is 0.304. The number of piperazine rings is 1. The first kappa shape index (κ1) is 24.1. The van der Waals surface area contributed by atoms with Crippen molar-refractivity contribution in [2.24, 2.45) is 0 Å². The van der Waals surface area contributed by atoms with Crippen molar-refractivity contribution in [1.29, 1.82) is 0 Å². The number of amides is 1. The number of pyridine rings is 1. The van der Waals surface area contributed by atoms with Gasteiger partial charge in [-0.1, -0.05) is 29.8 Å². The Hall–Kier alpha value is -2.52. The molecule has 10 heteroatoms. The van der Waals surface area contributed by atoms with Crippen LogP contribution in [0.2, 0.25) is 5.02 Å². The molecular formula is C22H27ClF3N5O. The van der Waals surface area contributed by atoms with E-state index >= 15 is 0 Å². The summed E-state index contributed by atoms with van der Waals surface area (Å²) in [4.78, 5) is 22.2. The van der Waals surface area contributed by atoms with Gasteiger partial charge in [0, 0.05) is 58.2 Å². The average Bonchev–Trinajstić information content (AvgIpc) is 2.77. The van der Waals surface area contributed by atoms with Crippen molar-refractivity contribution in [2.75, 3.05) is 62.7 Å². The zero-order chi connectivity index (χ0) is 23.1. The molecule has 0 bridgehead atoms. The van der Waals surface area contributed by atoms with Crippen LogP contribution in [0.3, 0.4) is 0 Å². The summed E-state index contributed by atoms with van der Waals surface area (Å²) in [5, 5.41) is 2.93. The van der Waals surface area contributed by atoms with Gasteiger partial charge in [0.25, 0.3) is 0 Å². The lowest BCUT2D eigenvalue weighted by molar-refractivity contribution is -0.137. The highest BCUT2D eigenvalue weighted by Crippen LogP contribution is 2.33. The fraction of sp³-hybridized carbons (Fsp3) is 0.455. The van der Waals surface area contributed by atoms with E-state index in [2.05, 4.69) is 15.2 Å². The quantitative estimate of drug-likeness (QED) is 0.599. The molecule has 1 N–H and O–H groups in total. The molecular weight excluding hydrogens is 443 g/mol. The molecule has 1 saturated heterocycles. The number of carbonyl (C=O) groups excluding carboxylic acids is 1. The van der Waals surface area contributed by atoms with Crippen LogP contribution >= 0.6 is 11.6 Å². The Balaban J connectivity index is 1.37. The third kappa shape index (κ3) is 6.74. The first-order valence-electron chi connectivity index (χ1n) is 10.5. The van der Waals surface area contributed by atoms with Crippen molar-refractivity contribution in [2.45, 2.75) is 12.6 Å². The molecule has 0 saturated carbocycles. The number of carbonyl (C=O) groups is 1. The molecule has 2 aromatic rings. The normalized spacial score (nSPS) is 15.0. The molecule has 2 heterocycles. The summed E-state index contributed by atoms with van der Waals surface area (Å²) in [5.41, 5.74) is 0.274. The van der Waals surface area contributed by atoms with E-state index in [1.165, 1.54) is 0 Å². The molecule has 174 valence electrons. The number of para-hydroxylation sites is 1. The maximum absolute atomic E-state index is 12.8. The molecule has 0 radical (unpaired) electrons. The third-order valence-electron chi connectivity index (χ3n) is 5.38. The Morgan fingerprint density at radius 2 is 1.88 bits per heavy atom. The lowest BCUT2D eigenvalue weighted by atomic mass is 10.2. The van der Waals surface area contributed by atoms with E-state index in [9.17, 15) is 18.0 Å². The molecule has 0 aliphatic carbocycles. The summed E-state index contributed by atoms with van der Waals surface area (Å²) in [6.07, 6.45) is -2.84. The van der Waals surface area contributed by atoms with Crippen molar-refractivity contribution < 1.29 is 18.0 Å². The lowest BCUT2D eigenvalue weighted by Gasteiger charge is -2.35. The van der Waals surface area contributed by atoms with E-state index in [1.807, 2.05) is 47.2 Å². The van der Waals surface area contributed by atoms with Gasteiger partial charge < -0.3 is 15.1 Å². The van der Waals surface area contributed by atoms with Crippen molar-refractivity contribution in [3.05, 3.63) is 53.2 Å². The second kappa shape index (κ2) is 10.9. The number of benzene rings is 1. The van der Waals surface area contributed by atoms with Gasteiger partial charge in [0.15, 0.2) is 0 Å². The van der Waals surface area contributed by atoms with Crippen molar-refractivity contribution in [3.8, 4) is 0 Å². The van der Waals surface area contributed by atoms with Crippen molar-refractivity contribution >= 4 is 29.0 Å². The summed E-state index contributed by atoms with van der Waals surface area (Å²) in [7, 11) is 2.02. The maximum Gasteiger partial charge on any atom is 0.417 e. The van der Waals surface area contributed by atoms with Gasteiger partial charge in [-0.25, -0.2) is 4.98 Å². The van der Waals surface area contributed by atoms with Crippen LogP contribution < -0.4 is 15.1 Å². The van der Waals surface area contributed by atoms with Gasteiger partial charge in [-0.15, -0.1) is 0 Å². The third-order valence-corrected chi connectivity index (χ3v) is 5.66. The van der Waals surface area contributed by atoms with E-state index in [0.717, 1.165) is 30.9 Å². The van der Waals surface area contributed by atoms with Gasteiger partial charge in [0.1, 0.15) is 5.82 Å². The maximum atomic E-state index is 12.8. The number of alkyl halides is 3. The van der Waals surface area contributed by atoms with Gasteiger partial charge in [0.2, 0.25) is 5.91 Å². The molecule has 1 aromatic heterocycles. The molecule has 3 rings (SSSR count). The number of nitrogens with one attached hydrogen (secondary N) is 1. The second-order valence-electron chi connectivity index (χ2n) is 7.75. The summed E-state index contributed by atoms with van der Waals surface area (Å²) in [6.45, 7) is 3.99. The number of hydrogen-bond acceptors (Lipinski definition) is 5. The standard InChI is InChI=1S/C22H27ClF3N5O/c1-29(18-6-3-2-4-7-18)9-5-8-27-20(32)16-30-10-12-31(13-11-30)21-19(23)14-17(15-28-21)22(24,25)26/h2-4,6-7,14-15H,5,8-13,16H2,1H3,(H,27,32). The SMILES string of the molecule is CN(CCCNC(=O)CN1CCN(c2ncc(C(F)(F)F)cc2Cl)CC1)c1ccccc1. The van der Waals surface area contributed by atoms with Crippen molar-refractivity contribution in [1.82, 2.24) is 15.2 Å². The molecule has 1 aliphatic heterocycles. The van der Waals surface area contributed by atoms with Crippen LogP contribution in [0.5, 0.6) is 0 Å². The summed E-state index contributed by atoms with van der Waals surface area (Å²) < 4.78 is 38.4. The lowest BCUT2D eigenvalue weighted by Crippen LogP contribution is -2.50. The number of rotatable bonds is 8. The van der Waals surface area contributed by atoms with Crippen LogP contribution in [-0.4, -0.2) is 68.7 Å². The molecule has 1 amide bonds. The Morgan fingerprint density at radius 1 is 1.19 bits per heavy atom. The molecule has 6 nitrogen and oxygen atoms in total. The molecule has 0 spiro atoms. The fourth-order valence-electron chi connectivity index (χ4n) is 3.55. The largest absolute Gasteiger partial charge is 0.417 e. The molecule has 0 atom stereocenters. The van der Waals surface area contributed by atoms with E-state index in [0.29, 0.717) is 38.5 Å². The average molecular weight is 470 g/mol. The van der Waals surface area contributed by atoms with Crippen LogP contribution in [0.1, 0.15) is 12.0 Å². The van der Waals surface area contributed by atoms with Gasteiger partial charge in [-0.2, -0.15) is 13.2 Å². The van der Waals surface area contributed by atoms with Gasteiger partial charge in [0.05, 0.1) is 17.1 Å². The Labute approximate surface area is 191 Å². The number of aromatic nitrogens is 1. The predicted octanol–water partition coefficient (Wildman–Crippen LogP) is 3.52. The molecule has 1 aromatic carbocycles. The highest BCUT2D eigenvalue weighted by molar-refractivity contribution is 6.33. The zero-order valence-electron chi connectivity index (χ0n) is 17.9. The molecule has 1 aliphatic rings. The molecule has 1 fully saturated rings. The van der Waals surface area contributed by atoms with Gasteiger partial charge >= 0.3 is 6.18 Å². The minimum atomic E-state index is -4.47. The van der Waals surface area contributed by atoms with Gasteiger partial charge in [-0.3, -0.25) is 9.69 Å². The zero-order valence-corrected chi connectivity index (χ0v) is 18.7. The number of nitrogens with zero attached hydrogens (tertiary/aromatic N) is 4. The molecule has 32 heavy (non-hydrogen) atoms. The Bertz CT molecular complexity index is 889. The van der Waals surface area contributed by atoms with Crippen molar-refractivity contribution in [3.63, 3.8) is 0 Å². The topological polar surface area (TPSA) is 51.7 Å². The molecule has 0 unspecified atom stereocenters. The van der Waals surface area contributed by atoms with Crippen LogP contribution in [0.4, 0.5) is 24.7 Å². The van der Waals surface area contributed by atoms with Crippen LogP contribution in [0, 0.1) is 0 Å². The van der Waals surface area contributed by atoms with Crippen LogP contribution in [-0.2, 0) is 11.0 Å². The smallest absolute Gasteiger partial charge is 0.375 e. The first-order valence-corrected chi connectivity index (χ1v) is 10.8. The second-order valence-corrected chi connectivity index (χ2v) is 8.16. The number of hydrogen-bond donors (Lipinski definition) is 1. The van der Waals surface area contributed by atoms with Crippen LogP contribution in [0.15, 0.2) is 42.6 Å². The van der Waals surface area contributed by atoms with E-state index < -0.39 is 11.7 Å². The number of anilines is 2. The summed E-state index contributed by atoms with van der Waals surface area (Å²) in [6, 6.07) is 11.0. The van der Waals surface area contributed by atoms with E-state index in [1.54, 1.807) is 0 Å². The first-order chi connectivity index (χ1) is 15.2. The Morgan fingerprint density at radius 3 is 2.50 bits per heavy atom.